The van der Waals surface area contributed by atoms with Crippen LogP contribution < -0.4 is 10.3 Å². The minimum Gasteiger partial charge on any atom is -0.487 e. The van der Waals surface area contributed by atoms with Crippen molar-refractivity contribution in [3.05, 3.63) is 74.9 Å². The van der Waals surface area contributed by atoms with Gasteiger partial charge in [-0.15, -0.1) is 0 Å². The van der Waals surface area contributed by atoms with Crippen molar-refractivity contribution in [1.82, 2.24) is 9.88 Å². The summed E-state index contributed by atoms with van der Waals surface area (Å²) >= 11 is 5.94. The van der Waals surface area contributed by atoms with E-state index in [4.69, 9.17) is 16.3 Å². The number of hydrogen-bond donors (Lipinski definition) is 1. The summed E-state index contributed by atoms with van der Waals surface area (Å²) < 4.78 is 20.9. The van der Waals surface area contributed by atoms with Crippen LogP contribution in [0.3, 0.4) is 0 Å². The van der Waals surface area contributed by atoms with Gasteiger partial charge >= 0.3 is 0 Å². The lowest BCUT2D eigenvalue weighted by Gasteiger charge is -2.32. The molecule has 28 heavy (non-hydrogen) atoms. The Kier molecular flexibility index (Phi) is 5.38. The maximum atomic E-state index is 15.0. The predicted molar refractivity (Wildman–Crippen MR) is 110 cm³/mol. The fourth-order valence-electron chi connectivity index (χ4n) is 3.76. The number of nitrogens with zero attached hydrogens (tertiary/aromatic N) is 1. The van der Waals surface area contributed by atoms with Crippen molar-refractivity contribution in [1.29, 1.82) is 0 Å². The van der Waals surface area contributed by atoms with Crippen LogP contribution in [0.4, 0.5) is 4.39 Å². The minimum atomic E-state index is -0.454. The molecule has 2 aromatic carbocycles. The molecule has 0 saturated carbocycles. The van der Waals surface area contributed by atoms with Gasteiger partial charge < -0.3 is 9.72 Å². The number of pyridine rings is 1. The van der Waals surface area contributed by atoms with E-state index < -0.39 is 5.82 Å². The van der Waals surface area contributed by atoms with E-state index in [0.717, 1.165) is 37.5 Å². The highest BCUT2D eigenvalue weighted by molar-refractivity contribution is 6.30. The molecule has 1 fully saturated rings. The third kappa shape index (κ3) is 3.91. The first-order valence-corrected chi connectivity index (χ1v) is 9.83. The van der Waals surface area contributed by atoms with Crippen molar-refractivity contribution >= 4 is 22.4 Å². The number of rotatable bonds is 4. The normalized spacial score (nSPS) is 15.8. The Morgan fingerprint density at radius 1 is 1.18 bits per heavy atom. The van der Waals surface area contributed by atoms with Crippen molar-refractivity contribution in [3.63, 3.8) is 0 Å². The Morgan fingerprint density at radius 3 is 2.61 bits per heavy atom. The zero-order valence-electron chi connectivity index (χ0n) is 15.7. The van der Waals surface area contributed by atoms with Crippen molar-refractivity contribution in [3.8, 4) is 5.75 Å². The van der Waals surface area contributed by atoms with Crippen LogP contribution in [-0.4, -0.2) is 29.1 Å². The number of likely N-dealkylation sites (tertiary alicyclic amines) is 1. The highest BCUT2D eigenvalue weighted by atomic mass is 35.5. The molecule has 0 radical (unpaired) electrons. The molecule has 0 spiro atoms. The number of nitrogens with one attached hydrogen (secondary N) is 1. The minimum absolute atomic E-state index is 0.0317. The fraction of sp³-hybridized carbons (Fsp3) is 0.318. The van der Waals surface area contributed by atoms with Crippen LogP contribution >= 0.6 is 11.6 Å². The van der Waals surface area contributed by atoms with Crippen molar-refractivity contribution < 1.29 is 9.13 Å². The topological polar surface area (TPSA) is 45.3 Å². The zero-order chi connectivity index (χ0) is 19.7. The summed E-state index contributed by atoms with van der Waals surface area (Å²) in [6.07, 6.45) is 3.17. The van der Waals surface area contributed by atoms with E-state index in [1.54, 1.807) is 19.1 Å². The summed E-state index contributed by atoms with van der Waals surface area (Å²) in [5, 5.41) is 1.43. The van der Waals surface area contributed by atoms with Gasteiger partial charge in [0.1, 0.15) is 6.10 Å². The number of fused-ring (bicyclic) bond motifs is 1. The second kappa shape index (κ2) is 7.94. The third-order valence-corrected chi connectivity index (χ3v) is 5.56. The Labute approximate surface area is 167 Å². The molecule has 1 aliphatic rings. The molecule has 0 amide bonds. The number of ether oxygens (including phenoxy) is 1. The lowest BCUT2D eigenvalue weighted by atomic mass is 10.1. The van der Waals surface area contributed by atoms with E-state index >= 15 is 0 Å². The molecule has 0 aliphatic carbocycles. The Hall–Kier alpha value is -2.37. The molecule has 1 aromatic heterocycles. The molecular weight excluding hydrogens is 379 g/mol. The largest absolute Gasteiger partial charge is 0.487 e. The number of aromatic amines is 1. The summed E-state index contributed by atoms with van der Waals surface area (Å²) in [4.78, 5) is 16.9. The average molecular weight is 401 g/mol. The molecule has 1 saturated heterocycles. The van der Waals surface area contributed by atoms with E-state index in [2.05, 4.69) is 9.88 Å². The number of hydrogen-bond acceptors (Lipinski definition) is 3. The molecule has 0 atom stereocenters. The molecule has 146 valence electrons. The van der Waals surface area contributed by atoms with Gasteiger partial charge in [0.25, 0.3) is 5.56 Å². The van der Waals surface area contributed by atoms with Crippen LogP contribution in [0.15, 0.2) is 47.4 Å². The van der Waals surface area contributed by atoms with Gasteiger partial charge in [0.15, 0.2) is 11.6 Å². The number of benzene rings is 2. The van der Waals surface area contributed by atoms with E-state index in [1.165, 1.54) is 11.8 Å². The van der Waals surface area contributed by atoms with E-state index in [9.17, 15) is 9.18 Å². The first kappa shape index (κ1) is 19.0. The van der Waals surface area contributed by atoms with Crippen LogP contribution in [0.1, 0.15) is 24.0 Å². The summed E-state index contributed by atoms with van der Waals surface area (Å²) in [6.45, 7) is 4.43. The van der Waals surface area contributed by atoms with Crippen LogP contribution in [-0.2, 0) is 6.54 Å². The number of halogens is 2. The highest BCUT2D eigenvalue weighted by Crippen LogP contribution is 2.29. The zero-order valence-corrected chi connectivity index (χ0v) is 16.4. The molecule has 4 rings (SSSR count). The molecule has 0 bridgehead atoms. The van der Waals surface area contributed by atoms with Crippen molar-refractivity contribution in [2.75, 3.05) is 13.1 Å². The molecule has 4 nitrogen and oxygen atoms in total. The molecule has 3 aromatic rings. The molecule has 1 N–H and O–H groups in total. The lowest BCUT2D eigenvalue weighted by molar-refractivity contribution is 0.0938. The number of H-pyrrole nitrogens is 1. The second-order valence-corrected chi connectivity index (χ2v) is 7.76. The van der Waals surface area contributed by atoms with Crippen LogP contribution in [0.2, 0.25) is 5.02 Å². The van der Waals surface area contributed by atoms with Crippen LogP contribution in [0, 0.1) is 12.7 Å². The van der Waals surface area contributed by atoms with Crippen molar-refractivity contribution in [2.24, 2.45) is 0 Å². The fourth-order valence-corrected chi connectivity index (χ4v) is 3.89. The van der Waals surface area contributed by atoms with Gasteiger partial charge in [-0.1, -0.05) is 23.7 Å². The van der Waals surface area contributed by atoms with Gasteiger partial charge in [0.05, 0.1) is 5.39 Å². The van der Waals surface area contributed by atoms with E-state index in [0.29, 0.717) is 16.3 Å². The maximum absolute atomic E-state index is 15.0. The summed E-state index contributed by atoms with van der Waals surface area (Å²) in [6, 6.07) is 11.1. The molecular formula is C22H22ClFN2O2. The monoisotopic (exact) mass is 400 g/mol. The first-order chi connectivity index (χ1) is 13.5. The number of aromatic nitrogens is 1. The van der Waals surface area contributed by atoms with Gasteiger partial charge in [0.2, 0.25) is 0 Å². The lowest BCUT2D eigenvalue weighted by Crippen LogP contribution is -2.37. The highest BCUT2D eigenvalue weighted by Gasteiger charge is 2.22. The summed E-state index contributed by atoms with van der Waals surface area (Å²) in [5.74, 6) is -0.234. The Balaban J connectivity index is 1.42. The van der Waals surface area contributed by atoms with Gasteiger partial charge in [-0.3, -0.25) is 9.69 Å². The van der Waals surface area contributed by atoms with E-state index in [1.807, 2.05) is 24.3 Å². The SMILES string of the molecule is Cc1c[nH]c(=O)c2ccc(OC3CCN(Cc4ccc(Cl)cc4)CC3)c(F)c12. The second-order valence-electron chi connectivity index (χ2n) is 7.32. The summed E-state index contributed by atoms with van der Waals surface area (Å²) in [7, 11) is 0. The van der Waals surface area contributed by atoms with Gasteiger partial charge in [0, 0.05) is 36.2 Å². The standard InChI is InChI=1S/C22H22ClFN2O2/c1-14-12-25-22(27)18-6-7-19(21(24)20(14)18)28-17-8-10-26(11-9-17)13-15-2-4-16(23)5-3-15/h2-7,12,17H,8-11,13H2,1H3,(H,25,27). The smallest absolute Gasteiger partial charge is 0.255 e. The number of piperidine rings is 1. The Morgan fingerprint density at radius 2 is 1.89 bits per heavy atom. The van der Waals surface area contributed by atoms with Gasteiger partial charge in [-0.2, -0.15) is 0 Å². The quantitative estimate of drug-likeness (QED) is 0.692. The molecule has 6 heteroatoms. The molecule has 2 heterocycles. The Bertz CT molecular complexity index is 1040. The number of aryl methyl sites for hydroxylation is 1. The predicted octanol–water partition coefficient (Wildman–Crippen LogP) is 4.67. The van der Waals surface area contributed by atoms with Gasteiger partial charge in [-0.25, -0.2) is 4.39 Å². The summed E-state index contributed by atoms with van der Waals surface area (Å²) in [5.41, 5.74) is 1.63. The van der Waals surface area contributed by atoms with Crippen LogP contribution in [0.5, 0.6) is 5.75 Å². The first-order valence-electron chi connectivity index (χ1n) is 9.45. The van der Waals surface area contributed by atoms with Crippen molar-refractivity contribution in [2.45, 2.75) is 32.4 Å². The average Bonchev–Trinajstić information content (AvgIpc) is 2.70. The molecule has 1 aliphatic heterocycles. The maximum Gasteiger partial charge on any atom is 0.255 e. The van der Waals surface area contributed by atoms with Crippen LogP contribution in [0.25, 0.3) is 10.8 Å². The molecule has 0 unspecified atom stereocenters. The van der Waals surface area contributed by atoms with Gasteiger partial charge in [-0.05, 0) is 55.2 Å². The third-order valence-electron chi connectivity index (χ3n) is 5.31. The van der Waals surface area contributed by atoms with E-state index in [-0.39, 0.29) is 17.4 Å².